The maximum absolute atomic E-state index is 13.4. The highest BCUT2D eigenvalue weighted by Crippen LogP contribution is 2.29. The molecular weight excluding hydrogens is 413 g/mol. The van der Waals surface area contributed by atoms with E-state index in [1.54, 1.807) is 41.8 Å². The molecule has 3 rings (SSSR count). The smallest absolute Gasteiger partial charge is 0.335 e. The van der Waals surface area contributed by atoms with Crippen LogP contribution in [0.3, 0.4) is 0 Å². The lowest BCUT2D eigenvalue weighted by molar-refractivity contribution is 0.0697. The number of hydrogen-bond donors (Lipinski definition) is 1. The second-order valence-electron chi connectivity index (χ2n) is 6.86. The van der Waals surface area contributed by atoms with E-state index in [1.165, 1.54) is 4.57 Å². The quantitative estimate of drug-likeness (QED) is 0.595. The maximum Gasteiger partial charge on any atom is 0.335 e. The Labute approximate surface area is 178 Å². The van der Waals surface area contributed by atoms with Gasteiger partial charge in [-0.2, -0.15) is 0 Å². The van der Waals surface area contributed by atoms with Crippen LogP contribution in [-0.2, 0) is 6.54 Å². The third-order valence-electron chi connectivity index (χ3n) is 5.15. The molecule has 2 aromatic carbocycles. The number of imidazole rings is 1. The number of carboxylic acid groups (broad SMARTS) is 1. The zero-order valence-corrected chi connectivity index (χ0v) is 18.1. The average Bonchev–Trinajstić information content (AvgIpc) is 2.95. The second kappa shape index (κ2) is 8.61. The molecule has 0 amide bonds. The van der Waals surface area contributed by atoms with E-state index >= 15 is 0 Å². The summed E-state index contributed by atoms with van der Waals surface area (Å²) in [6, 6.07) is 8.08. The SMILES string of the molecule is CCN(CC)CCn1c(=O)n(-c2ccc(Cl)cc2Cl)c2c(C)cc(C(=O)O)cc21. The molecule has 1 heterocycles. The predicted molar refractivity (Wildman–Crippen MR) is 117 cm³/mol. The van der Waals surface area contributed by atoms with Crippen LogP contribution in [0.25, 0.3) is 16.7 Å². The molecular formula is C21H23Cl2N3O3. The van der Waals surface area contributed by atoms with Crippen LogP contribution >= 0.6 is 23.2 Å². The number of aromatic carboxylic acids is 1. The Morgan fingerprint density at radius 1 is 1.14 bits per heavy atom. The Morgan fingerprint density at radius 3 is 2.41 bits per heavy atom. The van der Waals surface area contributed by atoms with Gasteiger partial charge in [-0.05, 0) is 55.9 Å². The summed E-state index contributed by atoms with van der Waals surface area (Å²) in [6.45, 7) is 8.78. The van der Waals surface area contributed by atoms with Crippen molar-refractivity contribution in [2.24, 2.45) is 0 Å². The summed E-state index contributed by atoms with van der Waals surface area (Å²) in [5.41, 5.74) is 2.30. The molecule has 0 fully saturated rings. The Balaban J connectivity index is 2.30. The monoisotopic (exact) mass is 435 g/mol. The van der Waals surface area contributed by atoms with E-state index in [1.807, 2.05) is 0 Å². The van der Waals surface area contributed by atoms with Gasteiger partial charge < -0.3 is 10.0 Å². The molecule has 0 bridgehead atoms. The van der Waals surface area contributed by atoms with E-state index in [9.17, 15) is 14.7 Å². The molecule has 6 nitrogen and oxygen atoms in total. The molecule has 0 unspecified atom stereocenters. The maximum atomic E-state index is 13.4. The van der Waals surface area contributed by atoms with Crippen LogP contribution in [0.4, 0.5) is 0 Å². The van der Waals surface area contributed by atoms with E-state index < -0.39 is 5.97 Å². The third-order valence-corrected chi connectivity index (χ3v) is 5.69. The summed E-state index contributed by atoms with van der Waals surface area (Å²) in [4.78, 5) is 27.2. The lowest BCUT2D eigenvalue weighted by Crippen LogP contribution is -2.31. The van der Waals surface area contributed by atoms with Crippen LogP contribution in [0.1, 0.15) is 29.8 Å². The van der Waals surface area contributed by atoms with Gasteiger partial charge in [0.1, 0.15) is 0 Å². The molecule has 0 aliphatic carbocycles. The molecule has 0 radical (unpaired) electrons. The molecule has 0 saturated heterocycles. The highest BCUT2D eigenvalue weighted by molar-refractivity contribution is 6.35. The van der Waals surface area contributed by atoms with Gasteiger partial charge in [0, 0.05) is 18.1 Å². The number of benzene rings is 2. The van der Waals surface area contributed by atoms with Gasteiger partial charge in [0.25, 0.3) is 0 Å². The van der Waals surface area contributed by atoms with E-state index in [2.05, 4.69) is 18.7 Å². The van der Waals surface area contributed by atoms with Crippen LogP contribution in [0.15, 0.2) is 35.1 Å². The van der Waals surface area contributed by atoms with E-state index in [0.717, 1.165) is 13.1 Å². The Morgan fingerprint density at radius 2 is 1.83 bits per heavy atom. The molecule has 1 N–H and O–H groups in total. The molecule has 154 valence electrons. The molecule has 0 saturated carbocycles. The summed E-state index contributed by atoms with van der Waals surface area (Å²) >= 11 is 12.4. The zero-order chi connectivity index (χ0) is 21.3. The first-order chi connectivity index (χ1) is 13.8. The van der Waals surface area contributed by atoms with Crippen molar-refractivity contribution in [2.75, 3.05) is 19.6 Å². The number of aromatic nitrogens is 2. The van der Waals surface area contributed by atoms with Gasteiger partial charge in [0.15, 0.2) is 0 Å². The van der Waals surface area contributed by atoms with Gasteiger partial charge in [-0.25, -0.2) is 9.59 Å². The van der Waals surface area contributed by atoms with Crippen molar-refractivity contribution in [1.82, 2.24) is 14.0 Å². The van der Waals surface area contributed by atoms with E-state index in [0.29, 0.717) is 45.4 Å². The van der Waals surface area contributed by atoms with Crippen LogP contribution in [0.5, 0.6) is 0 Å². The minimum Gasteiger partial charge on any atom is -0.478 e. The molecule has 8 heteroatoms. The molecule has 0 atom stereocenters. The topological polar surface area (TPSA) is 67.5 Å². The standard InChI is InChI=1S/C21H23Cl2N3O3/c1-4-24(5-2)8-9-25-18-11-14(20(27)28)10-13(3)19(18)26(21(25)29)17-7-6-15(22)12-16(17)23/h6-7,10-12H,4-5,8-9H2,1-3H3,(H,27,28). The van der Waals surface area contributed by atoms with Crippen molar-refractivity contribution >= 4 is 40.2 Å². The Bertz CT molecular complexity index is 1130. The molecule has 0 spiro atoms. The van der Waals surface area contributed by atoms with Crippen molar-refractivity contribution in [3.63, 3.8) is 0 Å². The van der Waals surface area contributed by atoms with Crippen LogP contribution in [-0.4, -0.2) is 44.7 Å². The largest absolute Gasteiger partial charge is 0.478 e. The average molecular weight is 436 g/mol. The minimum atomic E-state index is -1.03. The van der Waals surface area contributed by atoms with Gasteiger partial charge >= 0.3 is 11.7 Å². The molecule has 0 aliphatic rings. The Kier molecular flexibility index (Phi) is 6.36. The summed E-state index contributed by atoms with van der Waals surface area (Å²) in [6.07, 6.45) is 0. The summed E-state index contributed by atoms with van der Waals surface area (Å²) in [5, 5.41) is 10.3. The number of fused-ring (bicyclic) bond motifs is 1. The van der Waals surface area contributed by atoms with E-state index in [-0.39, 0.29) is 11.3 Å². The normalized spacial score (nSPS) is 11.5. The third kappa shape index (κ3) is 4.06. The predicted octanol–water partition coefficient (Wildman–Crippen LogP) is 4.45. The summed E-state index contributed by atoms with van der Waals surface area (Å²) in [7, 11) is 0. The van der Waals surface area contributed by atoms with Crippen molar-refractivity contribution in [2.45, 2.75) is 27.3 Å². The lowest BCUT2D eigenvalue weighted by Gasteiger charge is -2.18. The fraction of sp³-hybridized carbons (Fsp3) is 0.333. The van der Waals surface area contributed by atoms with Crippen molar-refractivity contribution in [1.29, 1.82) is 0 Å². The first kappa shape index (κ1) is 21.4. The summed E-state index contributed by atoms with van der Waals surface area (Å²) in [5.74, 6) is -1.03. The first-order valence-corrected chi connectivity index (χ1v) is 10.2. The molecule has 3 aromatic rings. The van der Waals surface area contributed by atoms with Gasteiger partial charge in [-0.3, -0.25) is 9.13 Å². The van der Waals surface area contributed by atoms with Crippen molar-refractivity contribution in [3.05, 3.63) is 62.0 Å². The van der Waals surface area contributed by atoms with Gasteiger partial charge in [0.05, 0.1) is 27.3 Å². The second-order valence-corrected chi connectivity index (χ2v) is 7.70. The van der Waals surface area contributed by atoms with Gasteiger partial charge in [-0.15, -0.1) is 0 Å². The van der Waals surface area contributed by atoms with Crippen LogP contribution in [0, 0.1) is 6.92 Å². The van der Waals surface area contributed by atoms with Crippen molar-refractivity contribution in [3.8, 4) is 5.69 Å². The number of aryl methyl sites for hydroxylation is 1. The lowest BCUT2D eigenvalue weighted by atomic mass is 10.1. The number of rotatable bonds is 7. The van der Waals surface area contributed by atoms with Crippen LogP contribution < -0.4 is 5.69 Å². The minimum absolute atomic E-state index is 0.144. The number of halogens is 2. The molecule has 1 aromatic heterocycles. The fourth-order valence-corrected chi connectivity index (χ4v) is 4.08. The van der Waals surface area contributed by atoms with Gasteiger partial charge in [0.2, 0.25) is 0 Å². The molecule has 0 aliphatic heterocycles. The van der Waals surface area contributed by atoms with Crippen LogP contribution in [0.2, 0.25) is 10.0 Å². The summed E-state index contributed by atoms with van der Waals surface area (Å²) < 4.78 is 3.16. The highest BCUT2D eigenvalue weighted by atomic mass is 35.5. The molecule has 29 heavy (non-hydrogen) atoms. The van der Waals surface area contributed by atoms with E-state index in [4.69, 9.17) is 23.2 Å². The van der Waals surface area contributed by atoms with Crippen molar-refractivity contribution < 1.29 is 9.90 Å². The fourth-order valence-electron chi connectivity index (χ4n) is 3.58. The number of nitrogens with zero attached hydrogens (tertiary/aromatic N) is 3. The van der Waals surface area contributed by atoms with Gasteiger partial charge in [-0.1, -0.05) is 37.0 Å². The number of carboxylic acids is 1. The number of likely N-dealkylation sites (N-methyl/N-ethyl adjacent to an activating group) is 1. The first-order valence-electron chi connectivity index (χ1n) is 9.45. The highest BCUT2D eigenvalue weighted by Gasteiger charge is 2.21. The Hall–Kier alpha value is -2.28. The zero-order valence-electron chi connectivity index (χ0n) is 16.6. The number of carbonyl (C=O) groups is 1. The number of hydrogen-bond acceptors (Lipinski definition) is 3.